The fraction of sp³-hybridized carbons (Fsp3) is 0.812. The van der Waals surface area contributed by atoms with Gasteiger partial charge in [0.2, 0.25) is 0 Å². The summed E-state index contributed by atoms with van der Waals surface area (Å²) in [5, 5.41) is 0. The summed E-state index contributed by atoms with van der Waals surface area (Å²) in [5.41, 5.74) is 0.220. The van der Waals surface area contributed by atoms with E-state index in [0.29, 0.717) is 0 Å². The Bertz CT molecular complexity index is 538. The van der Waals surface area contributed by atoms with E-state index in [1.165, 1.54) is 6.92 Å². The molecule has 0 aliphatic heterocycles. The van der Waals surface area contributed by atoms with E-state index in [1.54, 1.807) is 13.1 Å². The van der Waals surface area contributed by atoms with Crippen molar-refractivity contribution in [2.24, 2.45) is 0 Å². The lowest BCUT2D eigenvalue weighted by atomic mass is 10.4. The third kappa shape index (κ3) is 13.1. The summed E-state index contributed by atoms with van der Waals surface area (Å²) in [5.74, 6) is -0.603. The Balaban J connectivity index is 5.85. The fourth-order valence-electron chi connectivity index (χ4n) is 2.28. The van der Waals surface area contributed by atoms with Crippen LogP contribution in [0.15, 0.2) is 12.2 Å². The molecule has 0 spiro atoms. The fourth-order valence-corrected chi connectivity index (χ4v) is 17.0. The van der Waals surface area contributed by atoms with Crippen LogP contribution in [-0.4, -0.2) is 52.1 Å². The van der Waals surface area contributed by atoms with Gasteiger partial charge in [-0.15, -0.1) is 0 Å². The van der Waals surface area contributed by atoms with Crippen molar-refractivity contribution in [3.63, 3.8) is 0 Å². The first kappa shape index (κ1) is 27.7. The highest BCUT2D eigenvalue weighted by Gasteiger charge is 2.53. The van der Waals surface area contributed by atoms with Crippen LogP contribution in [0.3, 0.4) is 0 Å². The van der Waals surface area contributed by atoms with E-state index in [1.807, 2.05) is 39.3 Å². The second kappa shape index (κ2) is 9.70. The molecule has 0 saturated carbocycles. The van der Waals surface area contributed by atoms with Crippen LogP contribution in [0.1, 0.15) is 13.3 Å². The number of esters is 1. The lowest BCUT2D eigenvalue weighted by molar-refractivity contribution is -0.138. The molecule has 0 radical (unpaired) electrons. The van der Waals surface area contributed by atoms with Crippen LogP contribution in [0.2, 0.25) is 58.4 Å². The van der Waals surface area contributed by atoms with Crippen molar-refractivity contribution >= 4 is 39.7 Å². The van der Waals surface area contributed by atoms with E-state index < -0.39 is 52.3 Å². The molecule has 0 aromatic heterocycles. The van der Waals surface area contributed by atoms with Crippen LogP contribution in [0.4, 0.5) is 13.2 Å². The summed E-state index contributed by atoms with van der Waals surface area (Å²) < 4.78 is 62.5. The molecule has 0 aliphatic rings. The SMILES string of the molecule is C=C(C)C(=O)OC[Si](O[Si](C)(C)C)(O[Si](C)(C)C)O[Si](C)(C)CCC(F)(F)F. The van der Waals surface area contributed by atoms with Crippen LogP contribution in [0.5, 0.6) is 0 Å². The first-order valence-electron chi connectivity index (χ1n) is 9.15. The number of hydrogen-bond acceptors (Lipinski definition) is 5. The van der Waals surface area contributed by atoms with Gasteiger partial charge >= 0.3 is 21.0 Å². The average Bonchev–Trinajstić information content (AvgIpc) is 2.37. The highest BCUT2D eigenvalue weighted by Crippen LogP contribution is 2.31. The van der Waals surface area contributed by atoms with E-state index in [4.69, 9.17) is 17.1 Å². The molecule has 166 valence electrons. The molecule has 12 heteroatoms. The van der Waals surface area contributed by atoms with Gasteiger partial charge in [-0.3, -0.25) is 0 Å². The minimum Gasteiger partial charge on any atom is -0.458 e. The maximum atomic E-state index is 12.8. The van der Waals surface area contributed by atoms with E-state index in [2.05, 4.69) is 6.58 Å². The highest BCUT2D eigenvalue weighted by atomic mass is 28.5. The predicted octanol–water partition coefficient (Wildman–Crippen LogP) is 5.46. The van der Waals surface area contributed by atoms with E-state index in [0.717, 1.165) is 0 Å². The Morgan fingerprint density at radius 1 is 0.893 bits per heavy atom. The van der Waals surface area contributed by atoms with Gasteiger partial charge in [0.05, 0.1) is 0 Å². The van der Waals surface area contributed by atoms with Crippen molar-refractivity contribution < 1.29 is 35.0 Å². The van der Waals surface area contributed by atoms with Crippen molar-refractivity contribution in [1.82, 2.24) is 0 Å². The predicted molar refractivity (Wildman–Crippen MR) is 114 cm³/mol. The quantitative estimate of drug-likeness (QED) is 0.225. The monoisotopic (exact) mass is 476 g/mol. The van der Waals surface area contributed by atoms with Crippen LogP contribution < -0.4 is 0 Å². The van der Waals surface area contributed by atoms with Gasteiger partial charge in [-0.1, -0.05) is 6.58 Å². The molecule has 0 amide bonds. The first-order chi connectivity index (χ1) is 12.2. The van der Waals surface area contributed by atoms with Gasteiger partial charge in [0.15, 0.2) is 31.2 Å². The standard InChI is InChI=1S/C16H35F3O5Si4/c1-14(2)15(20)21-13-28(22-25(3,4)5,23-26(6,7)8)24-27(9,10)12-11-16(17,18)19/h1,11-13H2,2-10H3. The minimum absolute atomic E-state index is 0.121. The molecule has 0 unspecified atom stereocenters. The molecular formula is C16H35F3O5Si4. The van der Waals surface area contributed by atoms with Gasteiger partial charge in [0.1, 0.15) is 0 Å². The molecule has 0 aromatic carbocycles. The van der Waals surface area contributed by atoms with Gasteiger partial charge in [0, 0.05) is 12.0 Å². The number of hydrogen-bond donors (Lipinski definition) is 0. The third-order valence-corrected chi connectivity index (χ3v) is 15.9. The van der Waals surface area contributed by atoms with Gasteiger partial charge in [-0.05, 0) is 65.3 Å². The Hall–Kier alpha value is -0.252. The van der Waals surface area contributed by atoms with E-state index >= 15 is 0 Å². The summed E-state index contributed by atoms with van der Waals surface area (Å²) >= 11 is 0. The smallest absolute Gasteiger partial charge is 0.458 e. The molecule has 0 fully saturated rings. The lowest BCUT2D eigenvalue weighted by Gasteiger charge is -2.43. The molecule has 0 bridgehead atoms. The summed E-state index contributed by atoms with van der Waals surface area (Å²) in [6.07, 6.45) is -5.42. The van der Waals surface area contributed by atoms with Gasteiger partial charge in [-0.2, -0.15) is 13.2 Å². The van der Waals surface area contributed by atoms with Crippen molar-refractivity contribution in [2.75, 3.05) is 6.23 Å². The van der Waals surface area contributed by atoms with E-state index in [-0.39, 0.29) is 17.8 Å². The zero-order valence-corrected chi connectivity index (χ0v) is 22.5. The molecule has 0 N–H and O–H groups in total. The highest BCUT2D eigenvalue weighted by molar-refractivity contribution is 6.90. The Kier molecular flexibility index (Phi) is 9.62. The molecule has 28 heavy (non-hydrogen) atoms. The van der Waals surface area contributed by atoms with Crippen LogP contribution in [-0.2, 0) is 21.9 Å². The molecule has 0 atom stereocenters. The molecule has 0 aliphatic carbocycles. The molecule has 0 heterocycles. The zero-order valence-electron chi connectivity index (χ0n) is 18.5. The third-order valence-electron chi connectivity index (χ3n) is 3.09. The number of ether oxygens (including phenoxy) is 1. The van der Waals surface area contributed by atoms with Gasteiger partial charge < -0.3 is 17.1 Å². The Morgan fingerprint density at radius 2 is 1.32 bits per heavy atom. The van der Waals surface area contributed by atoms with Crippen molar-refractivity contribution in [2.45, 2.75) is 77.9 Å². The van der Waals surface area contributed by atoms with Crippen LogP contribution >= 0.6 is 0 Å². The topological polar surface area (TPSA) is 54.0 Å². The number of carbonyl (C=O) groups is 1. The summed E-state index contributed by atoms with van der Waals surface area (Å²) in [4.78, 5) is 12.0. The van der Waals surface area contributed by atoms with Crippen molar-refractivity contribution in [3.05, 3.63) is 12.2 Å². The first-order valence-corrected chi connectivity index (χ1v) is 21.0. The number of alkyl halides is 3. The number of halogens is 3. The Labute approximate surface area is 171 Å². The maximum Gasteiger partial charge on any atom is 0.509 e. The van der Waals surface area contributed by atoms with Gasteiger partial charge in [-0.25, -0.2) is 4.79 Å². The molecule has 0 rings (SSSR count). The van der Waals surface area contributed by atoms with E-state index in [9.17, 15) is 18.0 Å². The Morgan fingerprint density at radius 3 is 1.64 bits per heavy atom. The number of carbonyl (C=O) groups excluding carboxylic acids is 1. The second-order valence-electron chi connectivity index (χ2n) is 9.45. The lowest BCUT2D eigenvalue weighted by Crippen LogP contribution is -2.64. The molecular weight excluding hydrogens is 442 g/mol. The molecule has 0 aromatic rings. The summed E-state index contributed by atoms with van der Waals surface area (Å²) in [6.45, 7) is 20.1. The van der Waals surface area contributed by atoms with Gasteiger partial charge in [0.25, 0.3) is 0 Å². The minimum atomic E-state index is -4.26. The summed E-state index contributed by atoms with van der Waals surface area (Å²) in [7, 11) is -10.9. The maximum absolute atomic E-state index is 12.8. The van der Waals surface area contributed by atoms with Crippen LogP contribution in [0, 0.1) is 0 Å². The molecule has 0 saturated heterocycles. The normalized spacial score (nSPS) is 14.1. The van der Waals surface area contributed by atoms with Crippen molar-refractivity contribution in [3.8, 4) is 0 Å². The van der Waals surface area contributed by atoms with Crippen LogP contribution in [0.25, 0.3) is 0 Å². The van der Waals surface area contributed by atoms with Crippen molar-refractivity contribution in [1.29, 1.82) is 0 Å². The zero-order chi connectivity index (χ0) is 22.6. The average molecular weight is 477 g/mol. The summed E-state index contributed by atoms with van der Waals surface area (Å²) in [6, 6.07) is -0.121. The molecule has 5 nitrogen and oxygen atoms in total. The second-order valence-corrected chi connectivity index (χ2v) is 26.0. The number of rotatable bonds is 11. The largest absolute Gasteiger partial charge is 0.509 e.